The van der Waals surface area contributed by atoms with E-state index in [1.54, 1.807) is 0 Å². The number of hydrogen-bond acceptors (Lipinski definition) is 12. The zero-order valence-electron chi connectivity index (χ0n) is 30.2. The number of hydrogen-bond donors (Lipinski definition) is 2. The van der Waals surface area contributed by atoms with E-state index in [0.29, 0.717) is 0 Å². The molecule has 0 unspecified atom stereocenters. The predicted molar refractivity (Wildman–Crippen MR) is 182 cm³/mol. The van der Waals surface area contributed by atoms with Crippen LogP contribution in [-0.4, -0.2) is 83.8 Å². The fraction of sp³-hybridized carbons (Fsp3) is 0.200. The maximum absolute atomic E-state index is 14.1. The SMILES string of the molecule is CO.CO.Fc1c(F)c(Cn2ccnc2)c(F)c(F)c1Cn1ccnc1.Fc1c(F)c(Cn2ccnc2)c(F)c(F)c1Cn1ccnc1.O.O.O=[N+]([O-])[O-].O=[N+]([O-])[O-].[Ag+].[Ag+]. The molecule has 0 radical (unpaired) electrons. The van der Waals surface area contributed by atoms with E-state index in [9.17, 15) is 35.1 Å². The van der Waals surface area contributed by atoms with Gasteiger partial charge in [0.1, 0.15) is 0 Å². The third kappa shape index (κ3) is 18.6. The van der Waals surface area contributed by atoms with Gasteiger partial charge in [0.05, 0.1) is 61.7 Å². The van der Waals surface area contributed by atoms with Crippen LogP contribution >= 0.6 is 0 Å². The molecule has 6 aromatic rings. The number of benzene rings is 2. The van der Waals surface area contributed by atoms with Crippen molar-refractivity contribution < 1.29 is 111 Å². The second-order valence-corrected chi connectivity index (χ2v) is 9.81. The minimum atomic E-state index is -1.75. The zero-order valence-corrected chi connectivity index (χ0v) is 33.2. The molecular formula is C30H32Ag2F8N10O10. The summed E-state index contributed by atoms with van der Waals surface area (Å²) in [5, 5.41) is 43.5. The maximum Gasteiger partial charge on any atom is 1.00 e. The van der Waals surface area contributed by atoms with Crippen molar-refractivity contribution in [3.8, 4) is 0 Å². The fourth-order valence-corrected chi connectivity index (χ4v) is 4.25. The molecule has 0 aliphatic rings. The summed E-state index contributed by atoms with van der Waals surface area (Å²) in [6.45, 7) is -1.40. The van der Waals surface area contributed by atoms with Gasteiger partial charge in [-0.25, -0.2) is 55.1 Å². The van der Waals surface area contributed by atoms with Gasteiger partial charge >= 0.3 is 44.8 Å². The largest absolute Gasteiger partial charge is 1.00 e. The second-order valence-electron chi connectivity index (χ2n) is 9.81. The minimum absolute atomic E-state index is 0. The molecule has 60 heavy (non-hydrogen) atoms. The van der Waals surface area contributed by atoms with Crippen molar-refractivity contribution in [1.29, 1.82) is 0 Å². The van der Waals surface area contributed by atoms with Crippen molar-refractivity contribution >= 4 is 0 Å². The van der Waals surface area contributed by atoms with E-state index in [1.165, 1.54) is 93.2 Å². The van der Waals surface area contributed by atoms with Crippen molar-refractivity contribution in [2.24, 2.45) is 0 Å². The van der Waals surface area contributed by atoms with Gasteiger partial charge in [-0.1, -0.05) is 0 Å². The average Bonchev–Trinajstić information content (AvgIpc) is 4.02. The molecular weight excluding hydrogens is 1030 g/mol. The molecule has 4 aromatic heterocycles. The first-order valence-electron chi connectivity index (χ1n) is 14.6. The summed E-state index contributed by atoms with van der Waals surface area (Å²) in [7, 11) is 2.00. The summed E-state index contributed by atoms with van der Waals surface area (Å²) < 4.78 is 118. The van der Waals surface area contributed by atoms with E-state index >= 15 is 0 Å². The first-order chi connectivity index (χ1) is 26.6. The second kappa shape index (κ2) is 31.4. The number of imidazole rings is 4. The monoisotopic (exact) mass is 1060 g/mol. The van der Waals surface area contributed by atoms with Crippen LogP contribution in [0.5, 0.6) is 0 Å². The Balaban J connectivity index is -0.000000393. The van der Waals surface area contributed by atoms with Crippen LogP contribution in [0.4, 0.5) is 35.1 Å². The topological polar surface area (TPSA) is 307 Å². The standard InChI is InChI=1S/2C14H10F4N4.2CH4O.2Ag.2NO3.2H2O/c2*15-11-9(5-21-3-1-19-7-21)12(16)14(18)10(13(11)17)6-22-4-2-20-8-22;2*1-2;;;2*2-1(3)4;;/h2*1-4,7-8H,5-6H2;2*2H,1H3;;;;;2*1H2/q;;;;2*+1;2*-1;;. The third-order valence-electron chi connectivity index (χ3n) is 6.49. The number of aromatic nitrogens is 8. The Bertz CT molecular complexity index is 1740. The van der Waals surface area contributed by atoms with Gasteiger partial charge in [-0.2, -0.15) is 0 Å². The summed E-state index contributed by atoms with van der Waals surface area (Å²) in [5.74, 6) is -11.2. The summed E-state index contributed by atoms with van der Waals surface area (Å²) in [6.07, 6.45) is 16.5. The fourth-order valence-electron chi connectivity index (χ4n) is 4.25. The smallest absolute Gasteiger partial charge is 0.412 e. The maximum atomic E-state index is 14.1. The normalized spacial score (nSPS) is 9.13. The molecule has 2 aromatic carbocycles. The Morgan fingerprint density at radius 1 is 0.433 bits per heavy atom. The molecule has 6 N–H and O–H groups in total. The summed E-state index contributed by atoms with van der Waals surface area (Å²) in [5.41, 5.74) is -2.71. The molecule has 340 valence electrons. The van der Waals surface area contributed by atoms with Gasteiger partial charge < -0.3 is 70.1 Å². The molecule has 0 fully saturated rings. The summed E-state index contributed by atoms with van der Waals surface area (Å²) in [6, 6.07) is 0. The number of aliphatic hydroxyl groups is 2. The number of nitrogens with zero attached hydrogens (tertiary/aromatic N) is 10. The van der Waals surface area contributed by atoms with Crippen molar-refractivity contribution in [3.05, 3.63) is 174 Å². The zero-order chi connectivity index (χ0) is 42.5. The van der Waals surface area contributed by atoms with E-state index in [1.807, 2.05) is 0 Å². The van der Waals surface area contributed by atoms with Crippen molar-refractivity contribution in [2.45, 2.75) is 26.2 Å². The summed E-state index contributed by atoms with van der Waals surface area (Å²) >= 11 is 0. The molecule has 4 heterocycles. The predicted octanol–water partition coefficient (Wildman–Crippen LogP) is 2.55. The molecule has 0 amide bonds. The molecule has 0 saturated carbocycles. The van der Waals surface area contributed by atoms with Gasteiger partial charge in [0, 0.05) is 86.0 Å². The van der Waals surface area contributed by atoms with Crippen LogP contribution in [0.25, 0.3) is 0 Å². The van der Waals surface area contributed by atoms with E-state index in [-0.39, 0.29) is 81.9 Å². The van der Waals surface area contributed by atoms with Crippen LogP contribution < -0.4 is 0 Å². The summed E-state index contributed by atoms with van der Waals surface area (Å²) in [4.78, 5) is 31.3. The molecule has 0 aliphatic carbocycles. The minimum Gasteiger partial charge on any atom is -0.412 e. The van der Waals surface area contributed by atoms with Gasteiger partial charge in [0.25, 0.3) is 0 Å². The Kier molecular flexibility index (Phi) is 32.0. The first-order valence-corrected chi connectivity index (χ1v) is 14.6. The van der Waals surface area contributed by atoms with Gasteiger partial charge in [-0.3, -0.25) is 0 Å². The van der Waals surface area contributed by atoms with E-state index in [0.717, 1.165) is 14.2 Å². The average molecular weight is 1060 g/mol. The molecule has 0 saturated heterocycles. The van der Waals surface area contributed by atoms with Crippen LogP contribution in [0.15, 0.2) is 74.9 Å². The van der Waals surface area contributed by atoms with E-state index in [2.05, 4.69) is 19.9 Å². The Morgan fingerprint density at radius 2 is 0.567 bits per heavy atom. The van der Waals surface area contributed by atoms with E-state index in [4.69, 9.17) is 40.9 Å². The Labute approximate surface area is 362 Å². The van der Waals surface area contributed by atoms with Crippen molar-refractivity contribution in [2.75, 3.05) is 14.2 Å². The van der Waals surface area contributed by atoms with Crippen molar-refractivity contribution in [3.63, 3.8) is 0 Å². The third-order valence-corrected chi connectivity index (χ3v) is 6.49. The molecule has 6 rings (SSSR count). The van der Waals surface area contributed by atoms with Crippen LogP contribution in [0.1, 0.15) is 22.3 Å². The van der Waals surface area contributed by atoms with Crippen LogP contribution in [0.2, 0.25) is 0 Å². The molecule has 0 spiro atoms. The van der Waals surface area contributed by atoms with Crippen LogP contribution in [0.3, 0.4) is 0 Å². The first kappa shape index (κ1) is 61.1. The van der Waals surface area contributed by atoms with Crippen LogP contribution in [0, 0.1) is 77.2 Å². The van der Waals surface area contributed by atoms with Gasteiger partial charge in [0.15, 0.2) is 46.5 Å². The van der Waals surface area contributed by atoms with Gasteiger partial charge in [0.2, 0.25) is 0 Å². The molecule has 20 nitrogen and oxygen atoms in total. The number of rotatable bonds is 8. The van der Waals surface area contributed by atoms with Gasteiger partial charge in [-0.05, 0) is 0 Å². The molecule has 30 heteroatoms. The van der Waals surface area contributed by atoms with Crippen molar-refractivity contribution in [1.82, 2.24) is 38.2 Å². The van der Waals surface area contributed by atoms with Crippen LogP contribution in [-0.2, 0) is 70.9 Å². The molecule has 0 atom stereocenters. The number of halogens is 8. The Hall–Kier alpha value is -5.56. The molecule has 0 bridgehead atoms. The number of aliphatic hydroxyl groups excluding tert-OH is 2. The Morgan fingerprint density at radius 3 is 0.667 bits per heavy atom. The van der Waals surface area contributed by atoms with Gasteiger partial charge in [-0.15, -0.1) is 0 Å². The van der Waals surface area contributed by atoms with E-state index < -0.39 is 79.0 Å². The quantitative estimate of drug-likeness (QED) is 0.0731. The molecule has 0 aliphatic heterocycles.